The smallest absolute Gasteiger partial charge is 0.409 e. The maximum atomic E-state index is 12.7. The van der Waals surface area contributed by atoms with Crippen LogP contribution in [0.4, 0.5) is 18.0 Å². The van der Waals surface area contributed by atoms with Crippen LogP contribution in [0.25, 0.3) is 5.69 Å². The molecule has 0 fully saturated rings. The van der Waals surface area contributed by atoms with Crippen LogP contribution in [0.1, 0.15) is 5.56 Å². The fourth-order valence-electron chi connectivity index (χ4n) is 2.11. The summed E-state index contributed by atoms with van der Waals surface area (Å²) in [7, 11) is 0. The lowest BCUT2D eigenvalue weighted by molar-refractivity contribution is -0.137. The van der Waals surface area contributed by atoms with E-state index in [1.807, 2.05) is 30.3 Å². The van der Waals surface area contributed by atoms with Gasteiger partial charge in [-0.15, -0.1) is 0 Å². The van der Waals surface area contributed by atoms with Gasteiger partial charge in [0.2, 0.25) is 0 Å². The second-order valence-corrected chi connectivity index (χ2v) is 5.17. The van der Waals surface area contributed by atoms with Crippen molar-refractivity contribution in [1.29, 1.82) is 0 Å². The van der Waals surface area contributed by atoms with Crippen molar-refractivity contribution in [2.24, 2.45) is 4.99 Å². The predicted octanol–water partition coefficient (Wildman–Crippen LogP) is 3.99. The van der Waals surface area contributed by atoms with Crippen LogP contribution in [0.5, 0.6) is 5.75 Å². The van der Waals surface area contributed by atoms with Gasteiger partial charge in [0.15, 0.2) is 0 Å². The largest absolute Gasteiger partial charge is 0.439 e. The van der Waals surface area contributed by atoms with Crippen LogP contribution in [0.2, 0.25) is 0 Å². The zero-order valence-electron chi connectivity index (χ0n) is 13.2. The SMILES string of the molecule is O=C(/N=c1\ccn(-c2ccccc2)nc1)Oc1cccc(C(F)(F)F)c1. The molecule has 0 aliphatic carbocycles. The number of alkyl halides is 3. The number of rotatable bonds is 2. The normalized spacial score (nSPS) is 12.0. The number of hydrogen-bond acceptors (Lipinski definition) is 3. The van der Waals surface area contributed by atoms with E-state index in [0.29, 0.717) is 0 Å². The Balaban J connectivity index is 1.75. The second-order valence-electron chi connectivity index (χ2n) is 5.17. The molecule has 0 saturated carbocycles. The highest BCUT2D eigenvalue weighted by atomic mass is 19.4. The van der Waals surface area contributed by atoms with E-state index in [2.05, 4.69) is 10.1 Å². The molecule has 26 heavy (non-hydrogen) atoms. The highest BCUT2D eigenvalue weighted by Gasteiger charge is 2.30. The molecule has 8 heteroatoms. The van der Waals surface area contributed by atoms with E-state index in [9.17, 15) is 18.0 Å². The number of hydrogen-bond donors (Lipinski definition) is 0. The van der Waals surface area contributed by atoms with E-state index >= 15 is 0 Å². The van der Waals surface area contributed by atoms with Crippen LogP contribution in [0.15, 0.2) is 78.0 Å². The first-order valence-corrected chi connectivity index (χ1v) is 7.46. The molecule has 0 N–H and O–H groups in total. The van der Waals surface area contributed by atoms with Gasteiger partial charge in [0.25, 0.3) is 0 Å². The Morgan fingerprint density at radius 1 is 1.04 bits per heavy atom. The van der Waals surface area contributed by atoms with E-state index in [0.717, 1.165) is 23.9 Å². The quantitative estimate of drug-likeness (QED) is 0.695. The number of aromatic nitrogens is 2. The van der Waals surface area contributed by atoms with Gasteiger partial charge >= 0.3 is 12.3 Å². The van der Waals surface area contributed by atoms with Crippen molar-refractivity contribution >= 4 is 6.09 Å². The first-order valence-electron chi connectivity index (χ1n) is 7.46. The fraction of sp³-hybridized carbons (Fsp3) is 0.0556. The van der Waals surface area contributed by atoms with Crippen molar-refractivity contribution in [2.75, 3.05) is 0 Å². The number of carbonyl (C=O) groups excluding carboxylic acids is 1. The van der Waals surface area contributed by atoms with E-state index in [1.54, 1.807) is 10.9 Å². The van der Waals surface area contributed by atoms with E-state index in [4.69, 9.17) is 4.74 Å². The summed E-state index contributed by atoms with van der Waals surface area (Å²) < 4.78 is 44.4. The van der Waals surface area contributed by atoms with Gasteiger partial charge in [-0.2, -0.15) is 23.3 Å². The Kier molecular flexibility index (Phi) is 4.83. The third kappa shape index (κ3) is 4.35. The molecule has 0 radical (unpaired) electrons. The van der Waals surface area contributed by atoms with Crippen molar-refractivity contribution in [3.05, 3.63) is 84.0 Å². The zero-order valence-corrected chi connectivity index (χ0v) is 13.2. The Morgan fingerprint density at radius 2 is 1.81 bits per heavy atom. The maximum absolute atomic E-state index is 12.7. The minimum absolute atomic E-state index is 0.217. The number of amides is 1. The molecule has 0 unspecified atom stereocenters. The number of benzene rings is 2. The minimum atomic E-state index is -4.52. The summed E-state index contributed by atoms with van der Waals surface area (Å²) >= 11 is 0. The third-order valence-corrected chi connectivity index (χ3v) is 3.31. The monoisotopic (exact) mass is 359 g/mol. The lowest BCUT2D eigenvalue weighted by Crippen LogP contribution is -2.13. The molecule has 5 nitrogen and oxygen atoms in total. The minimum Gasteiger partial charge on any atom is -0.409 e. The highest BCUT2D eigenvalue weighted by Crippen LogP contribution is 2.31. The molecule has 1 amide bonds. The topological polar surface area (TPSA) is 56.5 Å². The van der Waals surface area contributed by atoms with E-state index in [-0.39, 0.29) is 11.1 Å². The Morgan fingerprint density at radius 3 is 2.46 bits per heavy atom. The summed E-state index contributed by atoms with van der Waals surface area (Å²) in [5, 5.41) is 4.34. The van der Waals surface area contributed by atoms with Gasteiger partial charge < -0.3 is 4.74 Å². The third-order valence-electron chi connectivity index (χ3n) is 3.31. The van der Waals surface area contributed by atoms with Gasteiger partial charge in [0.05, 0.1) is 22.8 Å². The van der Waals surface area contributed by atoms with Crippen LogP contribution in [-0.4, -0.2) is 15.9 Å². The van der Waals surface area contributed by atoms with Crippen molar-refractivity contribution in [3.8, 4) is 11.4 Å². The molecule has 3 rings (SSSR count). The van der Waals surface area contributed by atoms with Crippen LogP contribution in [-0.2, 0) is 6.18 Å². The number of ether oxygens (including phenoxy) is 1. The molecule has 1 aromatic heterocycles. The first-order chi connectivity index (χ1) is 12.4. The molecule has 132 valence electrons. The first kappa shape index (κ1) is 17.4. The maximum Gasteiger partial charge on any atom is 0.439 e. The van der Waals surface area contributed by atoms with Crippen molar-refractivity contribution in [3.63, 3.8) is 0 Å². The number of para-hydroxylation sites is 1. The zero-order chi connectivity index (χ0) is 18.6. The van der Waals surface area contributed by atoms with Crippen LogP contribution >= 0.6 is 0 Å². The van der Waals surface area contributed by atoms with Crippen molar-refractivity contribution < 1.29 is 22.7 Å². The summed E-state index contributed by atoms with van der Waals surface area (Å²) in [4.78, 5) is 15.5. The number of halogens is 3. The average molecular weight is 359 g/mol. The van der Waals surface area contributed by atoms with Gasteiger partial charge in [-0.1, -0.05) is 24.3 Å². The molecule has 0 atom stereocenters. The summed E-state index contributed by atoms with van der Waals surface area (Å²) in [6, 6.07) is 14.8. The molecule has 0 bridgehead atoms. The van der Waals surface area contributed by atoms with Gasteiger partial charge in [-0.3, -0.25) is 0 Å². The lowest BCUT2D eigenvalue weighted by Gasteiger charge is -2.07. The van der Waals surface area contributed by atoms with Crippen molar-refractivity contribution in [2.45, 2.75) is 6.18 Å². The van der Waals surface area contributed by atoms with Gasteiger partial charge in [0.1, 0.15) is 5.75 Å². The molecule has 2 aromatic carbocycles. The van der Waals surface area contributed by atoms with Gasteiger partial charge in [-0.05, 0) is 36.4 Å². The molecule has 0 spiro atoms. The van der Waals surface area contributed by atoms with Gasteiger partial charge in [-0.25, -0.2) is 9.48 Å². The van der Waals surface area contributed by atoms with Crippen molar-refractivity contribution in [1.82, 2.24) is 9.78 Å². The summed E-state index contributed by atoms with van der Waals surface area (Å²) in [5.74, 6) is -0.239. The molecule has 0 aliphatic rings. The Labute approximate surface area is 146 Å². The molecule has 1 heterocycles. The fourth-order valence-corrected chi connectivity index (χ4v) is 2.11. The average Bonchev–Trinajstić information content (AvgIpc) is 2.62. The molecular weight excluding hydrogens is 347 g/mol. The Bertz CT molecular complexity index is 962. The van der Waals surface area contributed by atoms with Gasteiger partial charge in [0, 0.05) is 6.20 Å². The number of carbonyl (C=O) groups is 1. The molecule has 0 saturated heterocycles. The second kappa shape index (κ2) is 7.22. The molecule has 3 aromatic rings. The number of nitrogens with zero attached hydrogens (tertiary/aromatic N) is 3. The van der Waals surface area contributed by atoms with Crippen LogP contribution < -0.4 is 10.1 Å². The van der Waals surface area contributed by atoms with Crippen LogP contribution in [0.3, 0.4) is 0 Å². The summed E-state index contributed by atoms with van der Waals surface area (Å²) in [6.07, 6.45) is -2.61. The van der Waals surface area contributed by atoms with Crippen LogP contribution in [0, 0.1) is 0 Å². The summed E-state index contributed by atoms with van der Waals surface area (Å²) in [5.41, 5.74) is -0.0846. The highest BCUT2D eigenvalue weighted by molar-refractivity contribution is 5.71. The Hall–Kier alpha value is -3.42. The predicted molar refractivity (Wildman–Crippen MR) is 86.6 cm³/mol. The standard InChI is InChI=1S/C18H12F3N3O2/c19-18(20,21)13-5-4-8-16(11-13)26-17(25)23-14-9-10-24(22-12-14)15-6-2-1-3-7-15/h1-12H/b23-14+. The lowest BCUT2D eigenvalue weighted by atomic mass is 10.2. The molecule has 0 aliphatic heterocycles. The molecular formula is C18H12F3N3O2. The van der Waals surface area contributed by atoms with E-state index in [1.165, 1.54) is 18.3 Å². The van der Waals surface area contributed by atoms with E-state index < -0.39 is 17.8 Å². The summed E-state index contributed by atoms with van der Waals surface area (Å²) in [6.45, 7) is 0.